The van der Waals surface area contributed by atoms with Crippen LogP contribution in [-0.2, 0) is 16.0 Å². The van der Waals surface area contributed by atoms with Gasteiger partial charge in [-0.05, 0) is 42.3 Å². The van der Waals surface area contributed by atoms with Crippen molar-refractivity contribution in [1.82, 2.24) is 15.0 Å². The summed E-state index contributed by atoms with van der Waals surface area (Å²) in [7, 11) is 1.31. The highest BCUT2D eigenvalue weighted by molar-refractivity contribution is 6.08. The average Bonchev–Trinajstić information content (AvgIpc) is 3.60. The Kier molecular flexibility index (Phi) is 6.69. The molecule has 5 aromatic rings. The molecule has 2 N–H and O–H groups in total. The Morgan fingerprint density at radius 2 is 1.84 bits per heavy atom. The normalized spacial score (nSPS) is 11.1. The van der Waals surface area contributed by atoms with E-state index in [1.807, 2.05) is 0 Å². The number of H-pyrrole nitrogens is 2. The molecule has 0 saturated heterocycles. The van der Waals surface area contributed by atoms with E-state index >= 15 is 0 Å². The number of aryl methyl sites for hydroxylation is 1. The number of nitrogens with one attached hydrogen (secondary N) is 2. The first-order valence-corrected chi connectivity index (χ1v) is 11.5. The summed E-state index contributed by atoms with van der Waals surface area (Å²) in [6, 6.07) is 12.8. The summed E-state index contributed by atoms with van der Waals surface area (Å²) >= 11 is 0. The highest BCUT2D eigenvalue weighted by Crippen LogP contribution is 2.34. The van der Waals surface area contributed by atoms with Crippen molar-refractivity contribution in [2.75, 3.05) is 7.11 Å². The zero-order valence-corrected chi connectivity index (χ0v) is 20.0. The van der Waals surface area contributed by atoms with Gasteiger partial charge in [0.05, 0.1) is 24.4 Å². The number of hydrogen-bond donors (Lipinski definition) is 2. The Bertz CT molecular complexity index is 1680. The van der Waals surface area contributed by atoms with Gasteiger partial charge in [-0.15, -0.1) is 0 Å². The van der Waals surface area contributed by atoms with E-state index in [2.05, 4.69) is 19.7 Å². The second kappa shape index (κ2) is 10.3. The van der Waals surface area contributed by atoms with Crippen LogP contribution in [0, 0.1) is 17.5 Å². The zero-order chi connectivity index (χ0) is 26.8. The van der Waals surface area contributed by atoms with Crippen LogP contribution in [0.5, 0.6) is 11.5 Å². The molecule has 0 saturated carbocycles. The number of ether oxygens (including phenoxy) is 2. The standard InChI is InChI=1S/C28H20F3N3O4/c1-37-24(35)8-5-15-3-2-4-16(11-15)26(36)23-14-33-28(34-23)19-12-17(6-7-20(19)29)38-27-21(30)13-22-18(25(27)31)9-10-32-22/h2-4,6-7,9-14,32H,5,8H2,1H3,(H,33,34). The first-order valence-electron chi connectivity index (χ1n) is 11.5. The Labute approximate surface area is 214 Å². The molecule has 0 bridgehead atoms. The molecule has 2 heterocycles. The fraction of sp³-hybridized carbons (Fsp3) is 0.107. The number of esters is 1. The Balaban J connectivity index is 1.39. The molecule has 5 rings (SSSR count). The monoisotopic (exact) mass is 519 g/mol. The summed E-state index contributed by atoms with van der Waals surface area (Å²) in [4.78, 5) is 34.1. The number of carbonyl (C=O) groups excluding carboxylic acids is 2. The number of nitrogens with zero attached hydrogens (tertiary/aromatic N) is 1. The van der Waals surface area contributed by atoms with Gasteiger partial charge in [-0.2, -0.15) is 0 Å². The van der Waals surface area contributed by atoms with E-state index in [9.17, 15) is 22.8 Å². The lowest BCUT2D eigenvalue weighted by Crippen LogP contribution is -2.05. The molecule has 192 valence electrons. The van der Waals surface area contributed by atoms with Gasteiger partial charge >= 0.3 is 5.97 Å². The summed E-state index contributed by atoms with van der Waals surface area (Å²) in [5, 5.41) is 0.146. The largest absolute Gasteiger partial charge is 0.469 e. The molecule has 0 atom stereocenters. The summed E-state index contributed by atoms with van der Waals surface area (Å²) < 4.78 is 54.1. The van der Waals surface area contributed by atoms with E-state index < -0.39 is 23.2 Å². The van der Waals surface area contributed by atoms with Crippen molar-refractivity contribution >= 4 is 22.7 Å². The summed E-state index contributed by atoms with van der Waals surface area (Å²) in [5.74, 6) is -3.88. The fourth-order valence-corrected chi connectivity index (χ4v) is 4.02. The van der Waals surface area contributed by atoms with Crippen LogP contribution in [0.4, 0.5) is 13.2 Å². The molecule has 38 heavy (non-hydrogen) atoms. The quantitative estimate of drug-likeness (QED) is 0.191. The second-order valence-electron chi connectivity index (χ2n) is 8.44. The van der Waals surface area contributed by atoms with Crippen molar-refractivity contribution < 1.29 is 32.2 Å². The average molecular weight is 519 g/mol. The van der Waals surface area contributed by atoms with Crippen LogP contribution in [0.1, 0.15) is 28.0 Å². The van der Waals surface area contributed by atoms with Crippen LogP contribution in [0.25, 0.3) is 22.3 Å². The molecule has 0 spiro atoms. The molecule has 0 fully saturated rings. The Hall–Kier alpha value is -4.86. The third-order valence-corrected chi connectivity index (χ3v) is 5.97. The molecule has 3 aromatic carbocycles. The minimum Gasteiger partial charge on any atom is -0.469 e. The summed E-state index contributed by atoms with van der Waals surface area (Å²) in [6.45, 7) is 0. The van der Waals surface area contributed by atoms with Gasteiger partial charge < -0.3 is 19.4 Å². The van der Waals surface area contributed by atoms with Crippen LogP contribution in [0.15, 0.2) is 67.0 Å². The van der Waals surface area contributed by atoms with E-state index in [1.165, 1.54) is 37.7 Å². The van der Waals surface area contributed by atoms with Gasteiger partial charge in [0.2, 0.25) is 5.78 Å². The second-order valence-corrected chi connectivity index (χ2v) is 8.44. The number of ketones is 1. The van der Waals surface area contributed by atoms with Crippen LogP contribution in [0.3, 0.4) is 0 Å². The molecule has 0 aliphatic carbocycles. The molecule has 2 aromatic heterocycles. The number of hydrogen-bond acceptors (Lipinski definition) is 5. The molecule has 0 amide bonds. The van der Waals surface area contributed by atoms with Crippen LogP contribution < -0.4 is 4.74 Å². The summed E-state index contributed by atoms with van der Waals surface area (Å²) in [6.07, 6.45) is 3.32. The number of methoxy groups -OCH3 is 1. The molecular formula is C28H20F3N3O4. The SMILES string of the molecule is COC(=O)CCc1cccc(C(=O)c2cnc(-c3cc(Oc4c(F)cc5[nH]ccc5c4F)ccc3F)[nH]2)c1. The van der Waals surface area contributed by atoms with Gasteiger partial charge in [-0.1, -0.05) is 18.2 Å². The minimum atomic E-state index is -0.928. The number of halogens is 3. The smallest absolute Gasteiger partial charge is 0.305 e. The molecule has 0 aliphatic heterocycles. The third kappa shape index (κ3) is 4.88. The van der Waals surface area contributed by atoms with E-state index in [0.29, 0.717) is 12.0 Å². The van der Waals surface area contributed by atoms with Crippen LogP contribution in [0.2, 0.25) is 0 Å². The van der Waals surface area contributed by atoms with Crippen molar-refractivity contribution in [2.45, 2.75) is 12.8 Å². The first-order chi connectivity index (χ1) is 18.3. The van der Waals surface area contributed by atoms with Gasteiger partial charge in [0.1, 0.15) is 23.1 Å². The number of aromatic amines is 2. The van der Waals surface area contributed by atoms with Crippen molar-refractivity contribution in [3.8, 4) is 22.9 Å². The summed E-state index contributed by atoms with van der Waals surface area (Å²) in [5.41, 5.74) is 1.44. The van der Waals surface area contributed by atoms with Gasteiger partial charge in [-0.25, -0.2) is 18.2 Å². The lowest BCUT2D eigenvalue weighted by molar-refractivity contribution is -0.140. The maximum atomic E-state index is 14.8. The number of rotatable bonds is 8. The van der Waals surface area contributed by atoms with Crippen molar-refractivity contribution in [3.63, 3.8) is 0 Å². The maximum Gasteiger partial charge on any atom is 0.305 e. The van der Waals surface area contributed by atoms with Crippen LogP contribution in [-0.4, -0.2) is 33.8 Å². The number of fused-ring (bicyclic) bond motifs is 1. The van der Waals surface area contributed by atoms with E-state index in [1.54, 1.807) is 24.3 Å². The Morgan fingerprint density at radius 1 is 1.00 bits per heavy atom. The predicted molar refractivity (Wildman–Crippen MR) is 132 cm³/mol. The van der Waals surface area contributed by atoms with Crippen molar-refractivity contribution in [3.05, 3.63) is 101 Å². The molecular weight excluding hydrogens is 499 g/mol. The number of benzene rings is 3. The van der Waals surface area contributed by atoms with E-state index in [4.69, 9.17) is 4.74 Å². The van der Waals surface area contributed by atoms with Gasteiger partial charge in [0, 0.05) is 29.6 Å². The lowest BCUT2D eigenvalue weighted by atomic mass is 10.0. The highest BCUT2D eigenvalue weighted by Gasteiger charge is 2.19. The Morgan fingerprint density at radius 3 is 2.66 bits per heavy atom. The van der Waals surface area contributed by atoms with E-state index in [0.717, 1.165) is 17.7 Å². The van der Waals surface area contributed by atoms with Crippen LogP contribution >= 0.6 is 0 Å². The van der Waals surface area contributed by atoms with Gasteiger partial charge in [-0.3, -0.25) is 9.59 Å². The molecule has 0 aliphatic rings. The van der Waals surface area contributed by atoms with Gasteiger partial charge in [0.25, 0.3) is 0 Å². The number of carbonyl (C=O) groups is 2. The lowest BCUT2D eigenvalue weighted by Gasteiger charge is -2.10. The maximum absolute atomic E-state index is 14.8. The molecule has 10 heteroatoms. The number of aromatic nitrogens is 3. The van der Waals surface area contributed by atoms with E-state index in [-0.39, 0.29) is 51.9 Å². The van der Waals surface area contributed by atoms with Crippen molar-refractivity contribution in [2.24, 2.45) is 0 Å². The fourth-order valence-electron chi connectivity index (χ4n) is 4.02. The molecule has 0 unspecified atom stereocenters. The molecule has 7 nitrogen and oxygen atoms in total. The number of imidazole rings is 1. The zero-order valence-electron chi connectivity index (χ0n) is 20.0. The third-order valence-electron chi connectivity index (χ3n) is 5.97. The first kappa shape index (κ1) is 24.8. The highest BCUT2D eigenvalue weighted by atomic mass is 19.1. The topological polar surface area (TPSA) is 97.1 Å². The van der Waals surface area contributed by atoms with Crippen molar-refractivity contribution in [1.29, 1.82) is 0 Å². The predicted octanol–water partition coefficient (Wildman–Crippen LogP) is 6.10. The molecule has 0 radical (unpaired) electrons. The minimum absolute atomic E-state index is 0.0279. The van der Waals surface area contributed by atoms with Gasteiger partial charge in [0.15, 0.2) is 17.4 Å².